The molecule has 2 heterocycles. The summed E-state index contributed by atoms with van der Waals surface area (Å²) < 4.78 is 11.1. The normalized spacial score (nSPS) is 23.8. The maximum absolute atomic E-state index is 9.16. The summed E-state index contributed by atoms with van der Waals surface area (Å²) in [6.07, 6.45) is 0.879. The number of nitrogens with one attached hydrogen (secondary N) is 1. The molecule has 0 spiro atoms. The molecule has 1 aromatic heterocycles. The lowest BCUT2D eigenvalue weighted by Crippen LogP contribution is -2.49. The van der Waals surface area contributed by atoms with Gasteiger partial charge in [-0.05, 0) is 19.9 Å². The van der Waals surface area contributed by atoms with Crippen molar-refractivity contribution in [1.82, 2.24) is 15.5 Å². The molecular weight excluding hydrogens is 248 g/mol. The van der Waals surface area contributed by atoms with E-state index in [4.69, 9.17) is 14.3 Å². The summed E-state index contributed by atoms with van der Waals surface area (Å²) >= 11 is 0. The maximum Gasteiger partial charge on any atom is 0.318 e. The number of hydrogen-bond donors (Lipinski definition) is 2. The van der Waals surface area contributed by atoms with Gasteiger partial charge in [0.25, 0.3) is 0 Å². The molecule has 0 aliphatic carbocycles. The third-order valence-electron chi connectivity index (χ3n) is 3.11. The van der Waals surface area contributed by atoms with Gasteiger partial charge in [0.15, 0.2) is 0 Å². The first-order valence-electron chi connectivity index (χ1n) is 6.76. The van der Waals surface area contributed by atoms with Crippen molar-refractivity contribution in [2.45, 2.75) is 39.0 Å². The third-order valence-corrected chi connectivity index (χ3v) is 3.11. The van der Waals surface area contributed by atoms with Gasteiger partial charge in [-0.3, -0.25) is 0 Å². The highest BCUT2D eigenvalue weighted by atomic mass is 16.5. The predicted molar refractivity (Wildman–Crippen MR) is 69.9 cm³/mol. The predicted octanol–water partition coefficient (Wildman–Crippen LogP) is 0.155. The van der Waals surface area contributed by atoms with E-state index in [2.05, 4.69) is 22.4 Å². The lowest BCUT2D eigenvalue weighted by atomic mass is 10.2. The molecule has 108 valence electrons. The molecule has 1 aliphatic heterocycles. The fourth-order valence-corrected chi connectivity index (χ4v) is 2.00. The molecule has 0 aromatic carbocycles. The monoisotopic (exact) mass is 270 g/mol. The fourth-order valence-electron chi connectivity index (χ4n) is 2.00. The van der Waals surface area contributed by atoms with Crippen LogP contribution in [-0.4, -0.2) is 53.8 Å². The fraction of sp³-hybridized carbons (Fsp3) is 0.833. The van der Waals surface area contributed by atoms with Crippen LogP contribution in [0.3, 0.4) is 0 Å². The van der Waals surface area contributed by atoms with Crippen LogP contribution in [0.5, 0.6) is 0 Å². The summed E-state index contributed by atoms with van der Waals surface area (Å²) in [4.78, 5) is 1.99. The molecule has 2 atom stereocenters. The van der Waals surface area contributed by atoms with E-state index in [1.165, 1.54) is 0 Å². The quantitative estimate of drug-likeness (QED) is 0.712. The SMILES string of the molecule is CCCNCc1nnc(N2CC(CO)OCC2C)o1. The minimum absolute atomic E-state index is 0.00225. The van der Waals surface area contributed by atoms with Gasteiger partial charge < -0.3 is 24.5 Å². The summed E-state index contributed by atoms with van der Waals surface area (Å²) in [5.41, 5.74) is 0. The minimum Gasteiger partial charge on any atom is -0.407 e. The Balaban J connectivity index is 1.96. The van der Waals surface area contributed by atoms with E-state index in [1.807, 2.05) is 11.8 Å². The number of morpholine rings is 1. The van der Waals surface area contributed by atoms with Gasteiger partial charge in [-0.1, -0.05) is 12.0 Å². The first-order chi connectivity index (χ1) is 9.24. The average molecular weight is 270 g/mol. The number of aromatic nitrogens is 2. The van der Waals surface area contributed by atoms with Gasteiger partial charge in [0.05, 0.1) is 38.4 Å². The van der Waals surface area contributed by atoms with Gasteiger partial charge in [0, 0.05) is 0 Å². The second kappa shape index (κ2) is 6.83. The largest absolute Gasteiger partial charge is 0.407 e. The molecule has 7 nitrogen and oxygen atoms in total. The zero-order chi connectivity index (χ0) is 13.7. The van der Waals surface area contributed by atoms with Crippen LogP contribution in [0.25, 0.3) is 0 Å². The lowest BCUT2D eigenvalue weighted by molar-refractivity contribution is -0.0118. The molecule has 19 heavy (non-hydrogen) atoms. The van der Waals surface area contributed by atoms with Crippen molar-refractivity contribution >= 4 is 6.01 Å². The van der Waals surface area contributed by atoms with Crippen molar-refractivity contribution in [1.29, 1.82) is 0 Å². The smallest absolute Gasteiger partial charge is 0.318 e. The summed E-state index contributed by atoms with van der Waals surface area (Å²) in [6, 6.07) is 0.669. The molecule has 1 aromatic rings. The third kappa shape index (κ3) is 3.65. The van der Waals surface area contributed by atoms with Crippen LogP contribution in [0.2, 0.25) is 0 Å². The summed E-state index contributed by atoms with van der Waals surface area (Å²) in [5, 5.41) is 20.5. The Bertz CT molecular complexity index is 385. The number of nitrogens with zero attached hydrogens (tertiary/aromatic N) is 3. The molecule has 0 radical (unpaired) electrons. The highest BCUT2D eigenvalue weighted by molar-refractivity contribution is 5.27. The number of rotatable bonds is 6. The van der Waals surface area contributed by atoms with Gasteiger partial charge in [0.2, 0.25) is 5.89 Å². The van der Waals surface area contributed by atoms with E-state index in [1.54, 1.807) is 0 Å². The van der Waals surface area contributed by atoms with Crippen molar-refractivity contribution in [2.24, 2.45) is 0 Å². The van der Waals surface area contributed by atoms with E-state index in [-0.39, 0.29) is 18.8 Å². The Hall–Kier alpha value is -1.18. The first kappa shape index (κ1) is 14.2. The first-order valence-corrected chi connectivity index (χ1v) is 6.76. The molecule has 0 amide bonds. The van der Waals surface area contributed by atoms with E-state index < -0.39 is 0 Å². The van der Waals surface area contributed by atoms with Crippen LogP contribution >= 0.6 is 0 Å². The van der Waals surface area contributed by atoms with Crippen LogP contribution in [0.15, 0.2) is 4.42 Å². The molecule has 2 unspecified atom stereocenters. The van der Waals surface area contributed by atoms with Gasteiger partial charge in [0.1, 0.15) is 0 Å². The number of aliphatic hydroxyl groups is 1. The van der Waals surface area contributed by atoms with Crippen molar-refractivity contribution in [2.75, 3.05) is 31.2 Å². The molecule has 1 fully saturated rings. The molecule has 1 aliphatic rings. The van der Waals surface area contributed by atoms with Crippen LogP contribution < -0.4 is 10.2 Å². The second-order valence-electron chi connectivity index (χ2n) is 4.79. The molecule has 0 bridgehead atoms. The standard InChI is InChI=1S/C12H22N4O3/c1-3-4-13-5-11-14-15-12(19-11)16-6-10(7-17)18-8-9(16)2/h9-10,13,17H,3-8H2,1-2H3. The van der Waals surface area contributed by atoms with Crippen molar-refractivity contribution < 1.29 is 14.3 Å². The van der Waals surface area contributed by atoms with Crippen LogP contribution in [0, 0.1) is 0 Å². The zero-order valence-electron chi connectivity index (χ0n) is 11.5. The van der Waals surface area contributed by atoms with E-state index in [0.717, 1.165) is 13.0 Å². The molecule has 2 N–H and O–H groups in total. The molecule has 1 saturated heterocycles. The average Bonchev–Trinajstić information content (AvgIpc) is 2.88. The minimum atomic E-state index is -0.190. The highest BCUT2D eigenvalue weighted by Gasteiger charge is 2.29. The zero-order valence-corrected chi connectivity index (χ0v) is 11.5. The number of ether oxygens (including phenoxy) is 1. The van der Waals surface area contributed by atoms with Crippen LogP contribution in [0.4, 0.5) is 6.01 Å². The lowest BCUT2D eigenvalue weighted by Gasteiger charge is -2.35. The molecular formula is C12H22N4O3. The Morgan fingerprint density at radius 3 is 3.05 bits per heavy atom. The Morgan fingerprint density at radius 2 is 2.32 bits per heavy atom. The summed E-state index contributed by atoms with van der Waals surface area (Å²) in [6.45, 7) is 6.78. The van der Waals surface area contributed by atoms with E-state index in [9.17, 15) is 0 Å². The van der Waals surface area contributed by atoms with E-state index >= 15 is 0 Å². The van der Waals surface area contributed by atoms with E-state index in [0.29, 0.717) is 31.6 Å². The second-order valence-corrected chi connectivity index (χ2v) is 4.79. The molecule has 7 heteroatoms. The maximum atomic E-state index is 9.16. The Morgan fingerprint density at radius 1 is 1.47 bits per heavy atom. The number of aliphatic hydroxyl groups excluding tert-OH is 1. The molecule has 2 rings (SSSR count). The van der Waals surface area contributed by atoms with Crippen molar-refractivity contribution in [3.05, 3.63) is 5.89 Å². The summed E-state index contributed by atoms with van der Waals surface area (Å²) in [7, 11) is 0. The van der Waals surface area contributed by atoms with Crippen LogP contribution in [-0.2, 0) is 11.3 Å². The van der Waals surface area contributed by atoms with Crippen molar-refractivity contribution in [3.8, 4) is 0 Å². The number of hydrogen-bond acceptors (Lipinski definition) is 7. The summed E-state index contributed by atoms with van der Waals surface area (Å²) in [5.74, 6) is 0.586. The van der Waals surface area contributed by atoms with Gasteiger partial charge >= 0.3 is 6.01 Å². The Kier molecular flexibility index (Phi) is 5.12. The van der Waals surface area contributed by atoms with Gasteiger partial charge in [-0.2, -0.15) is 0 Å². The highest BCUT2D eigenvalue weighted by Crippen LogP contribution is 2.20. The topological polar surface area (TPSA) is 83.7 Å². The van der Waals surface area contributed by atoms with Gasteiger partial charge in [-0.25, -0.2) is 0 Å². The van der Waals surface area contributed by atoms with Crippen molar-refractivity contribution in [3.63, 3.8) is 0 Å². The molecule has 0 saturated carbocycles. The number of anilines is 1. The van der Waals surface area contributed by atoms with Gasteiger partial charge in [-0.15, -0.1) is 5.10 Å². The Labute approximate surface area is 112 Å². The van der Waals surface area contributed by atoms with Crippen LogP contribution in [0.1, 0.15) is 26.2 Å².